The van der Waals surface area contributed by atoms with Gasteiger partial charge in [0.05, 0.1) is 27.4 Å². The number of carbonyl (C=O) groups excluding carboxylic acids is 1. The first-order chi connectivity index (χ1) is 14.9. The minimum absolute atomic E-state index is 0.0260. The number of nitro benzene ring substituents is 1. The van der Waals surface area contributed by atoms with E-state index in [1.165, 1.54) is 48.7 Å². The molecule has 0 fully saturated rings. The first kappa shape index (κ1) is 21.6. The van der Waals surface area contributed by atoms with Crippen LogP contribution in [0.3, 0.4) is 0 Å². The monoisotopic (exact) mass is 439 g/mol. The lowest BCUT2D eigenvalue weighted by Gasteiger charge is -2.23. The van der Waals surface area contributed by atoms with Crippen molar-refractivity contribution in [2.75, 3.05) is 10.8 Å². The van der Waals surface area contributed by atoms with Gasteiger partial charge in [0.2, 0.25) is 0 Å². The number of amides is 1. The number of hydrogen-bond acceptors (Lipinski definition) is 7. The van der Waals surface area contributed by atoms with Crippen molar-refractivity contribution in [3.05, 3.63) is 94.8 Å². The number of aromatic nitrogens is 1. The SMILES string of the molecule is O=C(CN(c1cccc([N+](=O)[O-])c1)S(=O)(=O)c1ccccc1)N/N=C\c1ccccn1. The fourth-order valence-electron chi connectivity index (χ4n) is 2.58. The Bertz CT molecular complexity index is 1200. The highest BCUT2D eigenvalue weighted by atomic mass is 32.2. The van der Waals surface area contributed by atoms with Crippen molar-refractivity contribution in [2.45, 2.75) is 4.90 Å². The average Bonchev–Trinajstić information content (AvgIpc) is 2.79. The van der Waals surface area contributed by atoms with Crippen LogP contribution in [0.25, 0.3) is 0 Å². The number of pyridine rings is 1. The van der Waals surface area contributed by atoms with Crippen LogP contribution < -0.4 is 9.73 Å². The standard InChI is InChI=1S/C20H17N5O5S/c26-20(23-22-14-16-7-4-5-12-21-16)15-24(17-8-6-9-18(13-17)25(27)28)31(29,30)19-10-2-1-3-11-19/h1-14H,15H2,(H,23,26)/b22-14-. The second kappa shape index (κ2) is 9.59. The third-order valence-electron chi connectivity index (χ3n) is 4.02. The van der Waals surface area contributed by atoms with E-state index in [2.05, 4.69) is 15.5 Å². The molecule has 1 heterocycles. The molecule has 0 bridgehead atoms. The first-order valence-corrected chi connectivity index (χ1v) is 10.4. The van der Waals surface area contributed by atoms with Gasteiger partial charge in [0.15, 0.2) is 0 Å². The predicted octanol–water partition coefficient (Wildman–Crippen LogP) is 2.34. The second-order valence-electron chi connectivity index (χ2n) is 6.15. The van der Waals surface area contributed by atoms with Crippen molar-refractivity contribution in [3.8, 4) is 0 Å². The molecule has 0 saturated heterocycles. The van der Waals surface area contributed by atoms with E-state index in [-0.39, 0.29) is 16.3 Å². The Balaban J connectivity index is 1.89. The molecule has 3 rings (SSSR count). The van der Waals surface area contributed by atoms with E-state index in [1.807, 2.05) is 0 Å². The molecule has 0 unspecified atom stereocenters. The van der Waals surface area contributed by atoms with Gasteiger partial charge in [-0.3, -0.25) is 24.2 Å². The Morgan fingerprint density at radius 2 is 1.84 bits per heavy atom. The van der Waals surface area contributed by atoms with E-state index < -0.39 is 27.4 Å². The average molecular weight is 439 g/mol. The lowest BCUT2D eigenvalue weighted by molar-refractivity contribution is -0.384. The number of hydrazone groups is 1. The van der Waals surface area contributed by atoms with Gasteiger partial charge in [-0.1, -0.05) is 30.3 Å². The number of nitro groups is 1. The van der Waals surface area contributed by atoms with E-state index in [0.29, 0.717) is 5.69 Å². The number of sulfonamides is 1. The largest absolute Gasteiger partial charge is 0.271 e. The number of anilines is 1. The Hall–Kier alpha value is -4.12. The zero-order valence-electron chi connectivity index (χ0n) is 16.0. The number of nitrogens with one attached hydrogen (secondary N) is 1. The molecular weight excluding hydrogens is 422 g/mol. The van der Waals surface area contributed by atoms with Gasteiger partial charge in [-0.05, 0) is 30.3 Å². The molecule has 31 heavy (non-hydrogen) atoms. The van der Waals surface area contributed by atoms with Crippen molar-refractivity contribution in [2.24, 2.45) is 5.10 Å². The minimum atomic E-state index is -4.18. The molecule has 0 aliphatic rings. The van der Waals surface area contributed by atoms with Crippen LogP contribution in [-0.4, -0.2) is 37.0 Å². The summed E-state index contributed by atoms with van der Waals surface area (Å²) >= 11 is 0. The fourth-order valence-corrected chi connectivity index (χ4v) is 4.02. The molecule has 0 saturated carbocycles. The van der Waals surface area contributed by atoms with E-state index in [4.69, 9.17) is 0 Å². The molecule has 10 nitrogen and oxygen atoms in total. The van der Waals surface area contributed by atoms with E-state index in [9.17, 15) is 23.3 Å². The molecule has 0 atom stereocenters. The van der Waals surface area contributed by atoms with Crippen molar-refractivity contribution < 1.29 is 18.1 Å². The summed E-state index contributed by atoms with van der Waals surface area (Å²) in [7, 11) is -4.18. The minimum Gasteiger partial charge on any atom is -0.271 e. The molecule has 2 aromatic carbocycles. The van der Waals surface area contributed by atoms with Crippen LogP contribution in [0.5, 0.6) is 0 Å². The lowest BCUT2D eigenvalue weighted by Crippen LogP contribution is -2.39. The van der Waals surface area contributed by atoms with Crippen LogP contribution >= 0.6 is 0 Å². The summed E-state index contributed by atoms with van der Waals surface area (Å²) in [6, 6.07) is 17.6. The van der Waals surface area contributed by atoms with Crippen molar-refractivity contribution >= 4 is 33.5 Å². The molecular formula is C20H17N5O5S. The smallest absolute Gasteiger partial charge is 0.271 e. The van der Waals surface area contributed by atoms with Crippen molar-refractivity contribution in [3.63, 3.8) is 0 Å². The van der Waals surface area contributed by atoms with Gasteiger partial charge in [0.25, 0.3) is 21.6 Å². The molecule has 1 N–H and O–H groups in total. The van der Waals surface area contributed by atoms with Crippen LogP contribution in [0, 0.1) is 10.1 Å². The van der Waals surface area contributed by atoms with Gasteiger partial charge < -0.3 is 0 Å². The van der Waals surface area contributed by atoms with Gasteiger partial charge in [0.1, 0.15) is 6.54 Å². The summed E-state index contributed by atoms with van der Waals surface area (Å²) in [5.41, 5.74) is 2.41. The van der Waals surface area contributed by atoms with E-state index in [0.717, 1.165) is 10.4 Å². The van der Waals surface area contributed by atoms with Crippen LogP contribution in [0.4, 0.5) is 11.4 Å². The summed E-state index contributed by atoms with van der Waals surface area (Å²) < 4.78 is 27.1. The number of nitrogens with zero attached hydrogens (tertiary/aromatic N) is 4. The molecule has 1 aromatic heterocycles. The normalized spacial score (nSPS) is 11.2. The molecule has 11 heteroatoms. The second-order valence-corrected chi connectivity index (χ2v) is 8.01. The number of carbonyl (C=O) groups is 1. The third-order valence-corrected chi connectivity index (χ3v) is 5.81. The van der Waals surface area contributed by atoms with Crippen molar-refractivity contribution in [1.82, 2.24) is 10.4 Å². The van der Waals surface area contributed by atoms with Crippen molar-refractivity contribution in [1.29, 1.82) is 0 Å². The maximum Gasteiger partial charge on any atom is 0.271 e. The topological polar surface area (TPSA) is 135 Å². The molecule has 0 aliphatic heterocycles. The summed E-state index contributed by atoms with van der Waals surface area (Å²) in [5.74, 6) is -0.738. The highest BCUT2D eigenvalue weighted by Crippen LogP contribution is 2.26. The zero-order valence-corrected chi connectivity index (χ0v) is 16.8. The first-order valence-electron chi connectivity index (χ1n) is 8.93. The maximum atomic E-state index is 13.2. The Morgan fingerprint density at radius 1 is 1.10 bits per heavy atom. The van der Waals surface area contributed by atoms with E-state index >= 15 is 0 Å². The van der Waals surface area contributed by atoms with Gasteiger partial charge in [-0.2, -0.15) is 5.10 Å². The van der Waals surface area contributed by atoms with E-state index in [1.54, 1.807) is 30.5 Å². The molecule has 0 spiro atoms. The fraction of sp³-hybridized carbons (Fsp3) is 0.0500. The van der Waals surface area contributed by atoms with Gasteiger partial charge in [-0.15, -0.1) is 0 Å². The Morgan fingerprint density at radius 3 is 2.52 bits per heavy atom. The molecule has 1 amide bonds. The summed E-state index contributed by atoms with van der Waals surface area (Å²) in [6.45, 7) is -0.641. The van der Waals surface area contributed by atoms with Gasteiger partial charge in [-0.25, -0.2) is 13.8 Å². The summed E-state index contributed by atoms with van der Waals surface area (Å²) in [4.78, 5) is 26.9. The molecule has 3 aromatic rings. The van der Waals surface area contributed by atoms with Gasteiger partial charge in [0, 0.05) is 18.3 Å². The predicted molar refractivity (Wildman–Crippen MR) is 114 cm³/mol. The number of rotatable bonds is 8. The maximum absolute atomic E-state index is 13.2. The Kier molecular flexibility index (Phi) is 6.67. The molecule has 0 radical (unpaired) electrons. The highest BCUT2D eigenvalue weighted by molar-refractivity contribution is 7.92. The quantitative estimate of drug-likeness (QED) is 0.325. The Labute approximate surface area is 178 Å². The number of hydrogen-bond donors (Lipinski definition) is 1. The molecule has 158 valence electrons. The highest BCUT2D eigenvalue weighted by Gasteiger charge is 2.28. The summed E-state index contributed by atoms with van der Waals surface area (Å²) in [6.07, 6.45) is 2.86. The van der Waals surface area contributed by atoms with Crippen LogP contribution in [0.1, 0.15) is 5.69 Å². The third kappa shape index (κ3) is 5.48. The number of non-ortho nitro benzene ring substituents is 1. The van der Waals surface area contributed by atoms with Crippen LogP contribution in [-0.2, 0) is 14.8 Å². The lowest BCUT2D eigenvalue weighted by atomic mass is 10.3. The van der Waals surface area contributed by atoms with Gasteiger partial charge >= 0.3 is 0 Å². The van der Waals surface area contributed by atoms with Crippen LogP contribution in [0.2, 0.25) is 0 Å². The van der Waals surface area contributed by atoms with Crippen LogP contribution in [0.15, 0.2) is 89.0 Å². The number of benzene rings is 2. The molecule has 0 aliphatic carbocycles. The summed E-state index contributed by atoms with van der Waals surface area (Å²) in [5, 5.41) is 14.9. The zero-order chi connectivity index (χ0) is 22.3.